The average molecular weight is 559 g/mol. The standard InChI is InChI=1S/C29H26ClF3N2O4/c1-2-3-24(18-4-6-20(7-5-18)28(38)35-15-14-26(36)37)27(19-8-10-22(30)11-9-19)39-23-12-13-25(29(31,32)33)21(16-23)17-34/h4-13,16,24,27H,2-3,14-15H2,1H3,(H,35,38)(H,36,37)/t24-,27+/m1/s1. The van der Waals surface area contributed by atoms with Crippen molar-refractivity contribution in [2.45, 2.75) is 44.4 Å². The van der Waals surface area contributed by atoms with E-state index in [0.29, 0.717) is 17.0 Å². The lowest BCUT2D eigenvalue weighted by Gasteiger charge is -2.29. The van der Waals surface area contributed by atoms with Gasteiger partial charge in [-0.1, -0.05) is 49.2 Å². The summed E-state index contributed by atoms with van der Waals surface area (Å²) >= 11 is 6.08. The van der Waals surface area contributed by atoms with E-state index in [-0.39, 0.29) is 24.6 Å². The monoisotopic (exact) mass is 558 g/mol. The summed E-state index contributed by atoms with van der Waals surface area (Å²) in [5, 5.41) is 21.1. The normalized spacial score (nSPS) is 12.7. The topological polar surface area (TPSA) is 99.4 Å². The molecule has 1 amide bonds. The van der Waals surface area contributed by atoms with E-state index in [4.69, 9.17) is 21.4 Å². The van der Waals surface area contributed by atoms with Crippen molar-refractivity contribution < 1.29 is 32.6 Å². The summed E-state index contributed by atoms with van der Waals surface area (Å²) in [6.07, 6.45) is -4.12. The number of carbonyl (C=O) groups excluding carboxylic acids is 1. The number of nitriles is 1. The molecule has 0 spiro atoms. The molecule has 2 N–H and O–H groups in total. The van der Waals surface area contributed by atoms with Crippen LogP contribution in [0.2, 0.25) is 5.02 Å². The summed E-state index contributed by atoms with van der Waals surface area (Å²) in [7, 11) is 0. The van der Waals surface area contributed by atoms with Crippen molar-refractivity contribution in [3.8, 4) is 11.8 Å². The van der Waals surface area contributed by atoms with Crippen molar-refractivity contribution in [3.63, 3.8) is 0 Å². The van der Waals surface area contributed by atoms with E-state index < -0.39 is 35.3 Å². The van der Waals surface area contributed by atoms with Gasteiger partial charge in [0.25, 0.3) is 5.91 Å². The van der Waals surface area contributed by atoms with Gasteiger partial charge in [-0.25, -0.2) is 0 Å². The molecule has 3 aromatic carbocycles. The van der Waals surface area contributed by atoms with Crippen LogP contribution in [-0.2, 0) is 11.0 Å². The van der Waals surface area contributed by atoms with Gasteiger partial charge in [0, 0.05) is 23.0 Å². The first-order chi connectivity index (χ1) is 18.5. The zero-order valence-electron chi connectivity index (χ0n) is 21.0. The van der Waals surface area contributed by atoms with Crippen LogP contribution in [0.25, 0.3) is 0 Å². The maximum atomic E-state index is 13.3. The number of amides is 1. The Morgan fingerprint density at radius 1 is 1.05 bits per heavy atom. The predicted molar refractivity (Wildman–Crippen MR) is 140 cm³/mol. The number of alkyl halides is 3. The van der Waals surface area contributed by atoms with E-state index in [1.165, 1.54) is 6.07 Å². The van der Waals surface area contributed by atoms with Crippen molar-refractivity contribution in [1.29, 1.82) is 5.26 Å². The van der Waals surface area contributed by atoms with Gasteiger partial charge in [-0.2, -0.15) is 18.4 Å². The molecule has 0 aliphatic heterocycles. The summed E-state index contributed by atoms with van der Waals surface area (Å²) in [5.41, 5.74) is 0.325. The molecule has 0 unspecified atom stereocenters. The molecule has 6 nitrogen and oxygen atoms in total. The number of hydrogen-bond acceptors (Lipinski definition) is 4. The lowest BCUT2D eigenvalue weighted by molar-refractivity contribution is -0.138. The summed E-state index contributed by atoms with van der Waals surface area (Å²) < 4.78 is 46.2. The van der Waals surface area contributed by atoms with Crippen LogP contribution in [0.5, 0.6) is 5.75 Å². The Hall–Kier alpha value is -4.03. The van der Waals surface area contributed by atoms with Crippen molar-refractivity contribution in [2.75, 3.05) is 6.54 Å². The number of halogens is 4. The van der Waals surface area contributed by atoms with Gasteiger partial charge in [-0.05, 0) is 60.0 Å². The van der Waals surface area contributed by atoms with Crippen LogP contribution in [0.4, 0.5) is 13.2 Å². The molecule has 0 aliphatic carbocycles. The summed E-state index contributed by atoms with van der Waals surface area (Å²) in [4.78, 5) is 23.1. The summed E-state index contributed by atoms with van der Waals surface area (Å²) in [6.45, 7) is 1.99. The van der Waals surface area contributed by atoms with E-state index in [9.17, 15) is 28.0 Å². The quantitative estimate of drug-likeness (QED) is 0.260. The molecule has 39 heavy (non-hydrogen) atoms. The van der Waals surface area contributed by atoms with Crippen molar-refractivity contribution in [1.82, 2.24) is 5.32 Å². The zero-order valence-corrected chi connectivity index (χ0v) is 21.7. The van der Waals surface area contributed by atoms with Crippen LogP contribution >= 0.6 is 11.6 Å². The maximum Gasteiger partial charge on any atom is 0.417 e. The Kier molecular flexibility index (Phi) is 9.96. The third kappa shape index (κ3) is 7.98. The first-order valence-electron chi connectivity index (χ1n) is 12.2. The lowest BCUT2D eigenvalue weighted by Crippen LogP contribution is -2.26. The molecule has 0 bridgehead atoms. The molecule has 0 heterocycles. The highest BCUT2D eigenvalue weighted by molar-refractivity contribution is 6.30. The Bertz CT molecular complexity index is 1340. The van der Waals surface area contributed by atoms with Crippen LogP contribution in [0.1, 0.15) is 70.8 Å². The second-order valence-corrected chi connectivity index (χ2v) is 9.26. The highest BCUT2D eigenvalue weighted by Crippen LogP contribution is 2.40. The molecule has 0 aromatic heterocycles. The molecule has 0 radical (unpaired) electrons. The first kappa shape index (κ1) is 29.5. The smallest absolute Gasteiger partial charge is 0.417 e. The molecule has 3 rings (SSSR count). The molecule has 2 atom stereocenters. The van der Waals surface area contributed by atoms with Crippen LogP contribution in [0, 0.1) is 11.3 Å². The number of nitrogens with one attached hydrogen (secondary N) is 1. The van der Waals surface area contributed by atoms with Gasteiger partial charge in [0.2, 0.25) is 0 Å². The number of ether oxygens (including phenoxy) is 1. The predicted octanol–water partition coefficient (Wildman–Crippen LogP) is 7.14. The average Bonchev–Trinajstić information content (AvgIpc) is 2.90. The highest BCUT2D eigenvalue weighted by atomic mass is 35.5. The van der Waals surface area contributed by atoms with Gasteiger partial charge in [0.05, 0.1) is 23.6 Å². The van der Waals surface area contributed by atoms with E-state index >= 15 is 0 Å². The first-order valence-corrected chi connectivity index (χ1v) is 12.5. The van der Waals surface area contributed by atoms with Crippen LogP contribution in [-0.4, -0.2) is 23.5 Å². The Morgan fingerprint density at radius 2 is 1.69 bits per heavy atom. The molecule has 204 valence electrons. The molecule has 0 saturated heterocycles. The number of hydrogen-bond donors (Lipinski definition) is 2. The van der Waals surface area contributed by atoms with Crippen molar-refractivity contribution in [3.05, 3.63) is 99.6 Å². The molecule has 0 aliphatic rings. The van der Waals surface area contributed by atoms with E-state index in [0.717, 1.165) is 29.7 Å². The van der Waals surface area contributed by atoms with Gasteiger partial charge in [0.15, 0.2) is 0 Å². The molecule has 0 fully saturated rings. The lowest BCUT2D eigenvalue weighted by atomic mass is 9.85. The Labute approximate surface area is 229 Å². The third-order valence-corrected chi connectivity index (χ3v) is 6.32. The number of nitrogens with zero attached hydrogens (tertiary/aromatic N) is 1. The minimum atomic E-state index is -4.68. The number of aliphatic carboxylic acids is 1. The molecular formula is C29H26ClF3N2O4. The van der Waals surface area contributed by atoms with Gasteiger partial charge >= 0.3 is 12.1 Å². The van der Waals surface area contributed by atoms with E-state index in [2.05, 4.69) is 5.32 Å². The molecule has 0 saturated carbocycles. The maximum absolute atomic E-state index is 13.3. The summed E-state index contributed by atoms with van der Waals surface area (Å²) in [5.74, 6) is -1.59. The number of benzene rings is 3. The minimum Gasteiger partial charge on any atom is -0.485 e. The number of carboxylic acids is 1. The van der Waals surface area contributed by atoms with Crippen LogP contribution in [0.3, 0.4) is 0 Å². The second-order valence-electron chi connectivity index (χ2n) is 8.82. The highest BCUT2D eigenvalue weighted by Gasteiger charge is 2.34. The SMILES string of the molecule is CCC[C@H](c1ccc(C(=O)NCCC(=O)O)cc1)[C@@H](Oc1ccc(C(F)(F)F)c(C#N)c1)c1ccc(Cl)cc1. The third-order valence-electron chi connectivity index (χ3n) is 6.07. The van der Waals surface area contributed by atoms with Gasteiger partial charge in [0.1, 0.15) is 11.9 Å². The number of carbonyl (C=O) groups is 2. The fraction of sp³-hybridized carbons (Fsp3) is 0.276. The largest absolute Gasteiger partial charge is 0.485 e. The summed E-state index contributed by atoms with van der Waals surface area (Å²) in [6, 6.07) is 18.4. The Morgan fingerprint density at radius 3 is 2.26 bits per heavy atom. The molecular weight excluding hydrogens is 533 g/mol. The number of rotatable bonds is 11. The van der Waals surface area contributed by atoms with E-state index in [1.807, 2.05) is 6.92 Å². The molecule has 3 aromatic rings. The fourth-order valence-corrected chi connectivity index (χ4v) is 4.31. The zero-order chi connectivity index (χ0) is 28.6. The van der Waals surface area contributed by atoms with Gasteiger partial charge in [-0.15, -0.1) is 0 Å². The fourth-order valence-electron chi connectivity index (χ4n) is 4.19. The van der Waals surface area contributed by atoms with Crippen molar-refractivity contribution >= 4 is 23.5 Å². The Balaban J connectivity index is 1.96. The van der Waals surface area contributed by atoms with Crippen molar-refractivity contribution in [2.24, 2.45) is 0 Å². The van der Waals surface area contributed by atoms with Crippen LogP contribution < -0.4 is 10.1 Å². The number of carboxylic acid groups (broad SMARTS) is 1. The van der Waals surface area contributed by atoms with Gasteiger partial charge < -0.3 is 15.2 Å². The minimum absolute atomic E-state index is 0.00132. The van der Waals surface area contributed by atoms with Crippen LogP contribution in [0.15, 0.2) is 66.7 Å². The van der Waals surface area contributed by atoms with Gasteiger partial charge in [-0.3, -0.25) is 9.59 Å². The van der Waals surface area contributed by atoms with E-state index in [1.54, 1.807) is 54.6 Å². The molecule has 10 heteroatoms. The second kappa shape index (κ2) is 13.2.